The van der Waals surface area contributed by atoms with Crippen LogP contribution >= 0.6 is 11.3 Å². The first-order chi connectivity index (χ1) is 11.6. The highest BCUT2D eigenvalue weighted by Crippen LogP contribution is 2.23. The number of nitrogens with one attached hydrogen (secondary N) is 1. The summed E-state index contributed by atoms with van der Waals surface area (Å²) in [6, 6.07) is 0. The number of piperazine rings is 1. The fourth-order valence-corrected chi connectivity index (χ4v) is 4.26. The summed E-state index contributed by atoms with van der Waals surface area (Å²) in [4.78, 5) is 32.3. The minimum Gasteiger partial charge on any atom is -0.344 e. The summed E-state index contributed by atoms with van der Waals surface area (Å²) < 4.78 is 24.4. The zero-order chi connectivity index (χ0) is 18.8. The van der Waals surface area contributed by atoms with Crippen LogP contribution in [0.3, 0.4) is 0 Å². The predicted molar refractivity (Wildman–Crippen MR) is 96.4 cm³/mol. The van der Waals surface area contributed by atoms with Crippen molar-refractivity contribution in [3.8, 4) is 0 Å². The molecule has 0 atom stereocenters. The van der Waals surface area contributed by atoms with Gasteiger partial charge in [-0.25, -0.2) is 13.4 Å². The number of thiazole rings is 1. The first-order valence-corrected chi connectivity index (χ1v) is 10.4. The molecule has 1 N–H and O–H groups in total. The molecule has 1 aromatic heterocycles. The third-order valence-electron chi connectivity index (χ3n) is 3.81. The molecule has 1 aliphatic heterocycles. The molecule has 9 nitrogen and oxygen atoms in total. The van der Waals surface area contributed by atoms with Gasteiger partial charge < -0.3 is 10.2 Å². The van der Waals surface area contributed by atoms with Gasteiger partial charge in [-0.15, -0.1) is 0 Å². The summed E-state index contributed by atoms with van der Waals surface area (Å²) in [5.41, 5.74) is 0.584. The van der Waals surface area contributed by atoms with E-state index in [1.54, 1.807) is 21.0 Å². The Morgan fingerprint density at radius 1 is 1.24 bits per heavy atom. The first-order valence-electron chi connectivity index (χ1n) is 7.74. The van der Waals surface area contributed by atoms with Crippen molar-refractivity contribution in [2.45, 2.75) is 6.92 Å². The van der Waals surface area contributed by atoms with Gasteiger partial charge in [0.2, 0.25) is 15.9 Å². The zero-order valence-electron chi connectivity index (χ0n) is 14.8. The smallest absolute Gasteiger partial charge is 0.265 e. The van der Waals surface area contributed by atoms with Crippen LogP contribution in [-0.4, -0.2) is 92.4 Å². The summed E-state index contributed by atoms with van der Waals surface area (Å²) in [7, 11) is 0.143. The van der Waals surface area contributed by atoms with Crippen LogP contribution < -0.4 is 5.32 Å². The molecule has 140 valence electrons. The average Bonchev–Trinajstić information content (AvgIpc) is 2.86. The minimum atomic E-state index is -3.18. The Bertz CT molecular complexity index is 751. The molecule has 1 saturated heterocycles. The van der Waals surface area contributed by atoms with Crippen LogP contribution in [0.4, 0.5) is 5.13 Å². The van der Waals surface area contributed by atoms with Gasteiger partial charge in [0.05, 0.1) is 18.5 Å². The van der Waals surface area contributed by atoms with Crippen molar-refractivity contribution < 1.29 is 18.0 Å². The number of carbonyl (C=O) groups excluding carboxylic acids is 2. The standard InChI is InChI=1S/C14H23N5O4S2/c1-10-12(13(21)17(2)3)24-14(15-10)16-11(20)9-18-5-7-19(8-6-18)25(4,22)23/h5-9H2,1-4H3,(H,15,16,20). The van der Waals surface area contributed by atoms with Crippen LogP contribution in [0.25, 0.3) is 0 Å². The number of nitrogens with zero attached hydrogens (tertiary/aromatic N) is 4. The molecule has 1 fully saturated rings. The summed E-state index contributed by atoms with van der Waals surface area (Å²) >= 11 is 1.15. The highest BCUT2D eigenvalue weighted by atomic mass is 32.2. The van der Waals surface area contributed by atoms with E-state index in [9.17, 15) is 18.0 Å². The number of aryl methyl sites for hydroxylation is 1. The van der Waals surface area contributed by atoms with Gasteiger partial charge in [0, 0.05) is 40.3 Å². The second-order valence-corrected chi connectivity index (χ2v) is 9.10. The molecule has 0 bridgehead atoms. The Balaban J connectivity index is 1.89. The molecule has 0 aromatic carbocycles. The molecule has 0 aliphatic carbocycles. The second kappa shape index (κ2) is 7.77. The maximum Gasteiger partial charge on any atom is 0.265 e. The normalized spacial score (nSPS) is 16.6. The lowest BCUT2D eigenvalue weighted by molar-refractivity contribution is -0.117. The van der Waals surface area contributed by atoms with Crippen LogP contribution in [0.15, 0.2) is 0 Å². The van der Waals surface area contributed by atoms with Crippen molar-refractivity contribution in [3.63, 3.8) is 0 Å². The average molecular weight is 390 g/mol. The Labute approximate surface area is 151 Å². The molecule has 1 aromatic rings. The van der Waals surface area contributed by atoms with E-state index in [2.05, 4.69) is 10.3 Å². The molecule has 25 heavy (non-hydrogen) atoms. The van der Waals surface area contributed by atoms with Gasteiger partial charge in [0.25, 0.3) is 5.91 Å². The van der Waals surface area contributed by atoms with E-state index < -0.39 is 10.0 Å². The SMILES string of the molecule is Cc1nc(NC(=O)CN2CCN(S(C)(=O)=O)CC2)sc1C(=O)N(C)C. The third kappa shape index (κ3) is 5.21. The Kier molecular flexibility index (Phi) is 6.14. The molecule has 2 amide bonds. The zero-order valence-corrected chi connectivity index (χ0v) is 16.4. The van der Waals surface area contributed by atoms with Crippen LogP contribution in [0.5, 0.6) is 0 Å². The number of aromatic nitrogens is 1. The van der Waals surface area contributed by atoms with Crippen molar-refractivity contribution >= 4 is 38.3 Å². The highest BCUT2D eigenvalue weighted by Gasteiger charge is 2.25. The highest BCUT2D eigenvalue weighted by molar-refractivity contribution is 7.88. The molecular weight excluding hydrogens is 366 g/mol. The molecule has 0 saturated carbocycles. The number of hydrogen-bond acceptors (Lipinski definition) is 7. The topological polar surface area (TPSA) is 103 Å². The number of carbonyl (C=O) groups is 2. The maximum absolute atomic E-state index is 12.2. The van der Waals surface area contributed by atoms with Crippen molar-refractivity contribution in [3.05, 3.63) is 10.6 Å². The quantitative estimate of drug-likeness (QED) is 0.740. The van der Waals surface area contributed by atoms with E-state index in [1.165, 1.54) is 15.5 Å². The van der Waals surface area contributed by atoms with E-state index in [0.717, 1.165) is 11.3 Å². The molecule has 2 rings (SSSR count). The number of hydrogen-bond donors (Lipinski definition) is 1. The van der Waals surface area contributed by atoms with Gasteiger partial charge in [-0.3, -0.25) is 14.5 Å². The lowest BCUT2D eigenvalue weighted by Crippen LogP contribution is -2.50. The van der Waals surface area contributed by atoms with Crippen LogP contribution in [0.1, 0.15) is 15.4 Å². The Hall–Kier alpha value is -1.56. The Morgan fingerprint density at radius 3 is 2.36 bits per heavy atom. The maximum atomic E-state index is 12.2. The number of anilines is 1. The lowest BCUT2D eigenvalue weighted by atomic mass is 10.3. The third-order valence-corrected chi connectivity index (χ3v) is 6.17. The van der Waals surface area contributed by atoms with Crippen molar-refractivity contribution in [2.75, 3.05) is 58.4 Å². The van der Waals surface area contributed by atoms with Crippen LogP contribution in [0, 0.1) is 6.92 Å². The van der Waals surface area contributed by atoms with Gasteiger partial charge >= 0.3 is 0 Å². The fraction of sp³-hybridized carbons (Fsp3) is 0.643. The summed E-state index contributed by atoms with van der Waals surface area (Å²) in [5, 5.41) is 3.10. The monoisotopic (exact) mass is 389 g/mol. The molecule has 11 heteroatoms. The van der Waals surface area contributed by atoms with Gasteiger partial charge in [0.1, 0.15) is 4.88 Å². The van der Waals surface area contributed by atoms with E-state index in [-0.39, 0.29) is 18.4 Å². The number of sulfonamides is 1. The van der Waals surface area contributed by atoms with Crippen molar-refractivity contribution in [1.29, 1.82) is 0 Å². The molecule has 1 aliphatic rings. The Morgan fingerprint density at radius 2 is 1.84 bits per heavy atom. The van der Waals surface area contributed by atoms with Crippen molar-refractivity contribution in [1.82, 2.24) is 19.1 Å². The van der Waals surface area contributed by atoms with Gasteiger partial charge in [-0.05, 0) is 6.92 Å². The first kappa shape index (κ1) is 19.8. The van der Waals surface area contributed by atoms with Gasteiger partial charge in [0.15, 0.2) is 5.13 Å². The molecule has 0 unspecified atom stereocenters. The fourth-order valence-electron chi connectivity index (χ4n) is 2.43. The minimum absolute atomic E-state index is 0.146. The molecular formula is C14H23N5O4S2. The number of amides is 2. The van der Waals surface area contributed by atoms with E-state index in [4.69, 9.17) is 0 Å². The summed E-state index contributed by atoms with van der Waals surface area (Å²) in [6.07, 6.45) is 1.19. The predicted octanol–water partition coefficient (Wildman–Crippen LogP) is -0.331. The van der Waals surface area contributed by atoms with Crippen LogP contribution in [0.2, 0.25) is 0 Å². The van der Waals surface area contributed by atoms with E-state index >= 15 is 0 Å². The molecule has 2 heterocycles. The van der Waals surface area contributed by atoms with Gasteiger partial charge in [-0.1, -0.05) is 11.3 Å². The molecule has 0 radical (unpaired) electrons. The summed E-state index contributed by atoms with van der Waals surface area (Å²) in [6.45, 7) is 3.65. The van der Waals surface area contributed by atoms with Crippen LogP contribution in [-0.2, 0) is 14.8 Å². The van der Waals surface area contributed by atoms with E-state index in [1.807, 2.05) is 4.90 Å². The summed E-state index contributed by atoms with van der Waals surface area (Å²) in [5.74, 6) is -0.377. The van der Waals surface area contributed by atoms with Crippen molar-refractivity contribution in [2.24, 2.45) is 0 Å². The second-order valence-electron chi connectivity index (χ2n) is 6.12. The number of rotatable bonds is 5. The molecule has 0 spiro atoms. The van der Waals surface area contributed by atoms with Gasteiger partial charge in [-0.2, -0.15) is 4.31 Å². The van der Waals surface area contributed by atoms with E-state index in [0.29, 0.717) is 41.9 Å². The lowest BCUT2D eigenvalue weighted by Gasteiger charge is -2.32. The largest absolute Gasteiger partial charge is 0.344 e.